The monoisotopic (exact) mass is 249 g/mol. The summed E-state index contributed by atoms with van der Waals surface area (Å²) in [4.78, 5) is 12.2. The molecule has 1 heterocycles. The number of hydrogen-bond acceptors (Lipinski definition) is 3. The third kappa shape index (κ3) is 3.23. The van der Waals surface area contributed by atoms with Gasteiger partial charge in [-0.15, -0.1) is 0 Å². The molecule has 1 N–H and O–H groups in total. The molecule has 0 bridgehead atoms. The second-order valence-corrected chi connectivity index (χ2v) is 4.87. The van der Waals surface area contributed by atoms with Crippen LogP contribution in [0.4, 0.5) is 0 Å². The number of quaternary nitrogens is 1. The van der Waals surface area contributed by atoms with Gasteiger partial charge in [0.2, 0.25) is 0 Å². The van der Waals surface area contributed by atoms with E-state index in [2.05, 4.69) is 12.1 Å². The van der Waals surface area contributed by atoms with E-state index in [0.717, 1.165) is 38.2 Å². The highest BCUT2D eigenvalue weighted by molar-refractivity contribution is 5.67. The molecular weight excluding hydrogens is 230 g/mol. The molecular formula is C14H19NO3. The lowest BCUT2D eigenvalue weighted by Gasteiger charge is -2.29. The Labute approximate surface area is 107 Å². The van der Waals surface area contributed by atoms with E-state index >= 15 is 0 Å². The van der Waals surface area contributed by atoms with Gasteiger partial charge in [0.1, 0.15) is 12.3 Å². The van der Waals surface area contributed by atoms with Crippen molar-refractivity contribution in [2.45, 2.75) is 19.4 Å². The zero-order valence-corrected chi connectivity index (χ0v) is 10.6. The van der Waals surface area contributed by atoms with Gasteiger partial charge in [0.15, 0.2) is 0 Å². The summed E-state index contributed by atoms with van der Waals surface area (Å²) < 4.78 is 5.12. The predicted octanol–water partition coefficient (Wildman–Crippen LogP) is -0.760. The third-order valence-corrected chi connectivity index (χ3v) is 3.64. The quantitative estimate of drug-likeness (QED) is 0.763. The average Bonchev–Trinajstić information content (AvgIpc) is 2.40. The minimum absolute atomic E-state index is 0.246. The molecule has 2 rings (SSSR count). The molecule has 98 valence electrons. The third-order valence-electron chi connectivity index (χ3n) is 3.64. The molecule has 0 radical (unpaired) electrons. The van der Waals surface area contributed by atoms with Gasteiger partial charge >= 0.3 is 0 Å². The molecule has 1 fully saturated rings. The summed E-state index contributed by atoms with van der Waals surface area (Å²) in [6.07, 6.45) is 1.46. The zero-order chi connectivity index (χ0) is 13.0. The summed E-state index contributed by atoms with van der Waals surface area (Å²) in [5.74, 6) is -0.271. The fraction of sp³-hybridized carbons (Fsp3) is 0.500. The van der Waals surface area contributed by atoms with Crippen molar-refractivity contribution in [1.82, 2.24) is 0 Å². The molecule has 4 nitrogen and oxygen atoms in total. The standard InChI is InChI=1S/C14H19NO3/c1-18-13-4-2-11(3-5-13)10-15-8-6-12(7-9-15)14(16)17/h2-5,12H,6-10H2,1H3,(H,16,17). The van der Waals surface area contributed by atoms with Gasteiger partial charge in [-0.25, -0.2) is 0 Å². The number of likely N-dealkylation sites (tertiary alicyclic amines) is 1. The topological polar surface area (TPSA) is 53.8 Å². The molecule has 0 aromatic heterocycles. The molecule has 0 spiro atoms. The first-order chi connectivity index (χ1) is 8.69. The molecule has 1 aromatic rings. The minimum Gasteiger partial charge on any atom is -0.550 e. The maximum absolute atomic E-state index is 10.8. The smallest absolute Gasteiger partial charge is 0.118 e. The Kier molecular flexibility index (Phi) is 4.20. The Morgan fingerprint density at radius 3 is 2.44 bits per heavy atom. The molecule has 1 aromatic carbocycles. The highest BCUT2D eigenvalue weighted by atomic mass is 16.5. The number of carbonyl (C=O) groups is 1. The van der Waals surface area contributed by atoms with Crippen molar-refractivity contribution in [1.29, 1.82) is 0 Å². The van der Waals surface area contributed by atoms with E-state index in [0.29, 0.717) is 0 Å². The van der Waals surface area contributed by atoms with Crippen LogP contribution in [0.15, 0.2) is 24.3 Å². The van der Waals surface area contributed by atoms with E-state index in [-0.39, 0.29) is 5.92 Å². The largest absolute Gasteiger partial charge is 0.550 e. The average molecular weight is 249 g/mol. The van der Waals surface area contributed by atoms with Crippen LogP contribution in [-0.2, 0) is 11.3 Å². The van der Waals surface area contributed by atoms with Crippen LogP contribution in [0.2, 0.25) is 0 Å². The van der Waals surface area contributed by atoms with Crippen LogP contribution < -0.4 is 14.7 Å². The Morgan fingerprint density at radius 1 is 1.33 bits per heavy atom. The Bertz CT molecular complexity index is 394. The van der Waals surface area contributed by atoms with E-state index < -0.39 is 5.97 Å². The van der Waals surface area contributed by atoms with Crippen molar-refractivity contribution in [3.8, 4) is 5.75 Å². The van der Waals surface area contributed by atoms with Gasteiger partial charge < -0.3 is 19.5 Å². The summed E-state index contributed by atoms with van der Waals surface area (Å²) >= 11 is 0. The summed E-state index contributed by atoms with van der Waals surface area (Å²) in [5.41, 5.74) is 1.26. The van der Waals surface area contributed by atoms with Crippen molar-refractivity contribution in [3.63, 3.8) is 0 Å². The first kappa shape index (κ1) is 12.9. The Balaban J connectivity index is 1.85. The van der Waals surface area contributed by atoms with Crippen molar-refractivity contribution in [2.75, 3.05) is 20.2 Å². The second-order valence-electron chi connectivity index (χ2n) is 4.87. The van der Waals surface area contributed by atoms with Crippen molar-refractivity contribution in [3.05, 3.63) is 29.8 Å². The summed E-state index contributed by atoms with van der Waals surface area (Å²) in [6, 6.07) is 8.05. The van der Waals surface area contributed by atoms with Gasteiger partial charge in [-0.1, -0.05) is 0 Å². The summed E-state index contributed by atoms with van der Waals surface area (Å²) in [5, 5.41) is 10.8. The van der Waals surface area contributed by atoms with Crippen LogP contribution in [0.5, 0.6) is 5.75 Å². The number of carboxylic acids is 1. The van der Waals surface area contributed by atoms with Crippen LogP contribution in [0.1, 0.15) is 18.4 Å². The normalized spacial score (nSPS) is 23.6. The maximum Gasteiger partial charge on any atom is 0.118 e. The second kappa shape index (κ2) is 5.87. The van der Waals surface area contributed by atoms with Gasteiger partial charge in [0.05, 0.1) is 20.2 Å². The van der Waals surface area contributed by atoms with Crippen molar-refractivity contribution < 1.29 is 19.5 Å². The van der Waals surface area contributed by atoms with E-state index in [4.69, 9.17) is 4.74 Å². The minimum atomic E-state index is -0.890. The van der Waals surface area contributed by atoms with E-state index in [1.54, 1.807) is 7.11 Å². The molecule has 18 heavy (non-hydrogen) atoms. The van der Waals surface area contributed by atoms with Gasteiger partial charge in [-0.3, -0.25) is 0 Å². The summed E-state index contributed by atoms with van der Waals surface area (Å²) in [6.45, 7) is 2.76. The van der Waals surface area contributed by atoms with E-state index in [9.17, 15) is 9.90 Å². The van der Waals surface area contributed by atoms with Gasteiger partial charge in [0, 0.05) is 30.3 Å². The lowest BCUT2D eigenvalue weighted by atomic mass is 9.97. The van der Waals surface area contributed by atoms with Crippen molar-refractivity contribution in [2.24, 2.45) is 5.92 Å². The first-order valence-electron chi connectivity index (χ1n) is 6.36. The number of piperidine rings is 1. The van der Waals surface area contributed by atoms with E-state index in [1.165, 1.54) is 10.5 Å². The number of nitrogens with one attached hydrogen (secondary N) is 1. The van der Waals surface area contributed by atoms with Gasteiger partial charge in [0.25, 0.3) is 0 Å². The lowest BCUT2D eigenvalue weighted by molar-refractivity contribution is -0.919. The van der Waals surface area contributed by atoms with Crippen LogP contribution in [0.25, 0.3) is 0 Å². The highest BCUT2D eigenvalue weighted by Gasteiger charge is 2.22. The number of carbonyl (C=O) groups excluding carboxylic acids is 1. The lowest BCUT2D eigenvalue weighted by Crippen LogP contribution is -3.11. The number of aliphatic carboxylic acids is 1. The number of benzene rings is 1. The number of ether oxygens (including phenoxy) is 1. The molecule has 1 aliphatic heterocycles. The summed E-state index contributed by atoms with van der Waals surface area (Å²) in [7, 11) is 1.66. The number of rotatable bonds is 4. The number of carboxylic acid groups (broad SMARTS) is 1. The van der Waals surface area contributed by atoms with E-state index in [1.807, 2.05) is 12.1 Å². The maximum atomic E-state index is 10.8. The SMILES string of the molecule is COc1ccc(C[NH+]2CCC(C(=O)[O-])CC2)cc1. The fourth-order valence-corrected chi connectivity index (χ4v) is 2.47. The Morgan fingerprint density at radius 2 is 1.94 bits per heavy atom. The molecule has 0 saturated carbocycles. The van der Waals surface area contributed by atoms with Crippen LogP contribution in [0.3, 0.4) is 0 Å². The molecule has 4 heteroatoms. The highest BCUT2D eigenvalue weighted by Crippen LogP contribution is 2.11. The number of methoxy groups -OCH3 is 1. The van der Waals surface area contributed by atoms with Crippen LogP contribution in [0, 0.1) is 5.92 Å². The molecule has 1 aliphatic rings. The van der Waals surface area contributed by atoms with Crippen molar-refractivity contribution >= 4 is 5.97 Å². The van der Waals surface area contributed by atoms with Crippen LogP contribution >= 0.6 is 0 Å². The molecule has 0 amide bonds. The molecule has 0 atom stereocenters. The molecule has 1 saturated heterocycles. The Hall–Kier alpha value is -1.55. The van der Waals surface area contributed by atoms with Crippen LogP contribution in [-0.4, -0.2) is 26.2 Å². The zero-order valence-electron chi connectivity index (χ0n) is 10.6. The molecule has 0 unspecified atom stereocenters. The van der Waals surface area contributed by atoms with Gasteiger partial charge in [-0.2, -0.15) is 0 Å². The first-order valence-corrected chi connectivity index (χ1v) is 6.36. The fourth-order valence-electron chi connectivity index (χ4n) is 2.47. The van der Waals surface area contributed by atoms with Gasteiger partial charge in [-0.05, 0) is 24.3 Å². The molecule has 0 aliphatic carbocycles. The predicted molar refractivity (Wildman–Crippen MR) is 65.1 cm³/mol. The number of hydrogen-bond donors (Lipinski definition) is 1.